The van der Waals surface area contributed by atoms with E-state index in [9.17, 15) is 4.79 Å². The van der Waals surface area contributed by atoms with Gasteiger partial charge in [-0.25, -0.2) is 4.98 Å². The number of hydrogen-bond acceptors (Lipinski definition) is 5. The summed E-state index contributed by atoms with van der Waals surface area (Å²) in [4.78, 5) is 19.6. The van der Waals surface area contributed by atoms with Crippen molar-refractivity contribution in [2.75, 3.05) is 18.0 Å². The number of amides is 1. The highest BCUT2D eigenvalue weighted by Gasteiger charge is 2.26. The van der Waals surface area contributed by atoms with Crippen molar-refractivity contribution in [3.8, 4) is 0 Å². The van der Waals surface area contributed by atoms with Gasteiger partial charge in [0.25, 0.3) is 0 Å². The van der Waals surface area contributed by atoms with Crippen LogP contribution in [-0.2, 0) is 4.79 Å². The Balaban J connectivity index is 1.51. The summed E-state index contributed by atoms with van der Waals surface area (Å²) in [5.74, 6) is -0.0330. The standard InChI is InChI=1S/C15H17N3OS2/c19-14(6-5-13-4-2-9-20-13)17-11-12-3-1-8-18(12)15-16-7-10-21-15/h2,4-7,9-10,12H,1,3,8,11H2,(H,17,19)/b6-5+. The first-order valence-corrected chi connectivity index (χ1v) is 8.74. The van der Waals surface area contributed by atoms with Crippen LogP contribution >= 0.6 is 22.7 Å². The van der Waals surface area contributed by atoms with E-state index in [4.69, 9.17) is 0 Å². The zero-order chi connectivity index (χ0) is 14.5. The highest BCUT2D eigenvalue weighted by molar-refractivity contribution is 7.13. The van der Waals surface area contributed by atoms with Crippen LogP contribution < -0.4 is 10.2 Å². The normalized spacial score (nSPS) is 18.5. The van der Waals surface area contributed by atoms with Crippen LogP contribution in [0.1, 0.15) is 17.7 Å². The zero-order valence-electron chi connectivity index (χ0n) is 11.6. The van der Waals surface area contributed by atoms with Gasteiger partial charge in [-0.05, 0) is 30.4 Å². The van der Waals surface area contributed by atoms with Crippen molar-refractivity contribution < 1.29 is 4.79 Å². The van der Waals surface area contributed by atoms with Gasteiger partial charge in [-0.3, -0.25) is 4.79 Å². The van der Waals surface area contributed by atoms with Crippen molar-refractivity contribution >= 4 is 39.8 Å². The first-order chi connectivity index (χ1) is 10.3. The number of nitrogens with one attached hydrogen (secondary N) is 1. The summed E-state index contributed by atoms with van der Waals surface area (Å²) in [7, 11) is 0. The van der Waals surface area contributed by atoms with Gasteiger partial charge in [0, 0.05) is 41.7 Å². The van der Waals surface area contributed by atoms with E-state index < -0.39 is 0 Å². The van der Waals surface area contributed by atoms with Gasteiger partial charge in [-0.1, -0.05) is 6.07 Å². The summed E-state index contributed by atoms with van der Waals surface area (Å²) < 4.78 is 0. The molecular weight excluding hydrogens is 302 g/mol. The molecule has 0 aliphatic carbocycles. The van der Waals surface area contributed by atoms with E-state index in [2.05, 4.69) is 15.2 Å². The molecule has 0 radical (unpaired) electrons. The van der Waals surface area contributed by atoms with Crippen molar-refractivity contribution in [3.63, 3.8) is 0 Å². The summed E-state index contributed by atoms with van der Waals surface area (Å²) in [6.07, 6.45) is 7.55. The molecule has 1 N–H and O–H groups in total. The molecule has 1 saturated heterocycles. The van der Waals surface area contributed by atoms with Crippen LogP contribution in [0.2, 0.25) is 0 Å². The van der Waals surface area contributed by atoms with E-state index in [1.165, 1.54) is 0 Å². The average molecular weight is 319 g/mol. The van der Waals surface area contributed by atoms with E-state index in [0.717, 1.165) is 29.4 Å². The van der Waals surface area contributed by atoms with Crippen molar-refractivity contribution in [3.05, 3.63) is 40.0 Å². The molecule has 21 heavy (non-hydrogen) atoms. The minimum atomic E-state index is -0.0330. The topological polar surface area (TPSA) is 45.2 Å². The Hall–Kier alpha value is -1.66. The second kappa shape index (κ2) is 6.87. The molecule has 110 valence electrons. The Morgan fingerprint density at radius 1 is 1.48 bits per heavy atom. The van der Waals surface area contributed by atoms with E-state index in [-0.39, 0.29) is 5.91 Å². The van der Waals surface area contributed by atoms with Gasteiger partial charge >= 0.3 is 0 Å². The molecule has 2 aromatic heterocycles. The number of carbonyl (C=O) groups is 1. The molecule has 0 spiro atoms. The largest absolute Gasteiger partial charge is 0.350 e. The van der Waals surface area contributed by atoms with Crippen molar-refractivity contribution in [2.45, 2.75) is 18.9 Å². The SMILES string of the molecule is O=C(/C=C/c1cccs1)NCC1CCCN1c1nccs1. The van der Waals surface area contributed by atoms with Gasteiger partial charge < -0.3 is 10.2 Å². The Labute approximate surface area is 132 Å². The fraction of sp³-hybridized carbons (Fsp3) is 0.333. The van der Waals surface area contributed by atoms with Crippen LogP contribution in [0.3, 0.4) is 0 Å². The Kier molecular flexibility index (Phi) is 4.67. The maximum atomic E-state index is 11.9. The lowest BCUT2D eigenvalue weighted by atomic mass is 10.2. The van der Waals surface area contributed by atoms with Crippen LogP contribution in [0.5, 0.6) is 0 Å². The van der Waals surface area contributed by atoms with Gasteiger partial charge in [0.15, 0.2) is 5.13 Å². The summed E-state index contributed by atoms with van der Waals surface area (Å²) in [5, 5.41) is 8.04. The summed E-state index contributed by atoms with van der Waals surface area (Å²) in [6.45, 7) is 1.70. The van der Waals surface area contributed by atoms with Crippen molar-refractivity contribution in [1.82, 2.24) is 10.3 Å². The second-order valence-corrected chi connectivity index (χ2v) is 6.75. The van der Waals surface area contributed by atoms with E-state index >= 15 is 0 Å². The highest BCUT2D eigenvalue weighted by atomic mass is 32.1. The van der Waals surface area contributed by atoms with Crippen LogP contribution in [0.4, 0.5) is 5.13 Å². The lowest BCUT2D eigenvalue weighted by Gasteiger charge is -2.23. The molecule has 4 nitrogen and oxygen atoms in total. The molecule has 1 amide bonds. The number of thiophene rings is 1. The average Bonchev–Trinajstić information content (AvgIpc) is 3.24. The number of thiazole rings is 1. The molecule has 3 rings (SSSR count). The van der Waals surface area contributed by atoms with E-state index in [0.29, 0.717) is 12.6 Å². The molecular formula is C15H17N3OS2. The van der Waals surface area contributed by atoms with Crippen molar-refractivity contribution in [2.24, 2.45) is 0 Å². The molecule has 1 atom stereocenters. The number of rotatable bonds is 5. The molecule has 0 saturated carbocycles. The Bertz CT molecular complexity index is 592. The smallest absolute Gasteiger partial charge is 0.244 e. The van der Waals surface area contributed by atoms with Crippen LogP contribution in [0.15, 0.2) is 35.2 Å². The highest BCUT2D eigenvalue weighted by Crippen LogP contribution is 2.26. The Morgan fingerprint density at radius 3 is 3.19 bits per heavy atom. The molecule has 6 heteroatoms. The third kappa shape index (κ3) is 3.71. The van der Waals surface area contributed by atoms with Crippen molar-refractivity contribution in [1.29, 1.82) is 0 Å². The predicted molar refractivity (Wildman–Crippen MR) is 88.8 cm³/mol. The molecule has 1 aliphatic heterocycles. The summed E-state index contributed by atoms with van der Waals surface area (Å²) in [5.41, 5.74) is 0. The Morgan fingerprint density at radius 2 is 2.43 bits per heavy atom. The maximum Gasteiger partial charge on any atom is 0.244 e. The number of anilines is 1. The van der Waals surface area contributed by atoms with Gasteiger partial charge in [0.1, 0.15) is 0 Å². The monoisotopic (exact) mass is 319 g/mol. The number of aromatic nitrogens is 1. The third-order valence-electron chi connectivity index (χ3n) is 3.50. The van der Waals surface area contributed by atoms with Crippen LogP contribution in [0, 0.1) is 0 Å². The lowest BCUT2D eigenvalue weighted by molar-refractivity contribution is -0.116. The van der Waals surface area contributed by atoms with Crippen LogP contribution in [-0.4, -0.2) is 30.0 Å². The first-order valence-electron chi connectivity index (χ1n) is 6.98. The maximum absolute atomic E-state index is 11.9. The minimum Gasteiger partial charge on any atom is -0.350 e. The molecule has 2 aromatic rings. The fourth-order valence-electron chi connectivity index (χ4n) is 2.48. The van der Waals surface area contributed by atoms with Gasteiger partial charge in [0.2, 0.25) is 5.91 Å². The molecule has 0 bridgehead atoms. The van der Waals surface area contributed by atoms with E-state index in [1.54, 1.807) is 28.7 Å². The van der Waals surface area contributed by atoms with E-state index in [1.807, 2.05) is 35.2 Å². The molecule has 1 aliphatic rings. The molecule has 1 fully saturated rings. The minimum absolute atomic E-state index is 0.0330. The quantitative estimate of drug-likeness (QED) is 0.862. The van der Waals surface area contributed by atoms with Gasteiger partial charge in [-0.15, -0.1) is 22.7 Å². The second-order valence-electron chi connectivity index (χ2n) is 4.90. The fourth-order valence-corrected chi connectivity index (χ4v) is 3.84. The van der Waals surface area contributed by atoms with Gasteiger partial charge in [-0.2, -0.15) is 0 Å². The summed E-state index contributed by atoms with van der Waals surface area (Å²) >= 11 is 3.28. The number of nitrogens with zero attached hydrogens (tertiary/aromatic N) is 2. The van der Waals surface area contributed by atoms with Crippen LogP contribution in [0.25, 0.3) is 6.08 Å². The zero-order valence-corrected chi connectivity index (χ0v) is 13.2. The number of carbonyl (C=O) groups excluding carboxylic acids is 1. The molecule has 0 aromatic carbocycles. The number of hydrogen-bond donors (Lipinski definition) is 1. The third-order valence-corrected chi connectivity index (χ3v) is 5.14. The summed E-state index contributed by atoms with van der Waals surface area (Å²) in [6, 6.07) is 4.33. The predicted octanol–water partition coefficient (Wildman–Crippen LogP) is 3.00. The molecule has 1 unspecified atom stereocenters. The first kappa shape index (κ1) is 14.3. The molecule has 3 heterocycles. The van der Waals surface area contributed by atoms with Gasteiger partial charge in [0.05, 0.1) is 0 Å². The lowest BCUT2D eigenvalue weighted by Crippen LogP contribution is -2.39.